The van der Waals surface area contributed by atoms with Crippen molar-refractivity contribution < 1.29 is 10.0 Å². The molecule has 1 aliphatic carbocycles. The minimum absolute atomic E-state index is 0.124. The maximum atomic E-state index is 10.9. The van der Waals surface area contributed by atoms with Crippen LogP contribution in [0.25, 0.3) is 6.08 Å². The van der Waals surface area contributed by atoms with E-state index >= 15 is 0 Å². The van der Waals surface area contributed by atoms with Gasteiger partial charge in [0, 0.05) is 25.2 Å². The van der Waals surface area contributed by atoms with Crippen LogP contribution in [0.5, 0.6) is 0 Å². The number of benzene rings is 1. The Morgan fingerprint density at radius 2 is 2.16 bits per heavy atom. The molecule has 0 aliphatic heterocycles. The summed E-state index contributed by atoms with van der Waals surface area (Å²) >= 11 is 0. The number of para-hydroxylation sites is 1. The van der Waals surface area contributed by atoms with Gasteiger partial charge in [-0.3, -0.25) is 15.0 Å². The van der Waals surface area contributed by atoms with Crippen LogP contribution < -0.4 is 0 Å². The van der Waals surface area contributed by atoms with Gasteiger partial charge in [0.1, 0.15) is 0 Å². The van der Waals surface area contributed by atoms with Crippen molar-refractivity contribution in [1.82, 2.24) is 4.90 Å². The van der Waals surface area contributed by atoms with E-state index in [0.717, 1.165) is 6.54 Å². The molecule has 1 aromatic carbocycles. The average Bonchev–Trinajstić information content (AvgIpc) is 3.22. The Bertz CT molecular complexity index is 470. The third kappa shape index (κ3) is 3.87. The van der Waals surface area contributed by atoms with Crippen LogP contribution >= 0.6 is 0 Å². The van der Waals surface area contributed by atoms with Gasteiger partial charge >= 0.3 is 0 Å². The largest absolute Gasteiger partial charge is 0.395 e. The quantitative estimate of drug-likeness (QED) is 0.603. The van der Waals surface area contributed by atoms with Gasteiger partial charge in [0.15, 0.2) is 0 Å². The molecule has 1 aliphatic rings. The number of aliphatic hydroxyl groups excluding tert-OH is 1. The Balaban J connectivity index is 1.99. The smallest absolute Gasteiger partial charge is 0.276 e. The van der Waals surface area contributed by atoms with Crippen molar-refractivity contribution in [2.24, 2.45) is 0 Å². The molecule has 0 spiro atoms. The number of hydrogen-bond donors (Lipinski definition) is 1. The molecule has 0 aromatic heterocycles. The standard InChI is InChI=1S/C14H18N2O3/c17-11-10-15(13-7-8-13)9-3-5-12-4-1-2-6-14(12)16(18)19/h1-6,13,17H,7-11H2/b5-3+. The molecule has 2 rings (SSSR count). The summed E-state index contributed by atoms with van der Waals surface area (Å²) in [5.41, 5.74) is 0.742. The lowest BCUT2D eigenvalue weighted by Gasteiger charge is -2.18. The molecule has 102 valence electrons. The van der Waals surface area contributed by atoms with Crippen molar-refractivity contribution in [3.05, 3.63) is 46.0 Å². The van der Waals surface area contributed by atoms with E-state index in [1.165, 1.54) is 18.9 Å². The summed E-state index contributed by atoms with van der Waals surface area (Å²) < 4.78 is 0. The summed E-state index contributed by atoms with van der Waals surface area (Å²) in [4.78, 5) is 12.7. The molecule has 5 heteroatoms. The Labute approximate surface area is 112 Å². The number of rotatable bonds is 7. The summed E-state index contributed by atoms with van der Waals surface area (Å²) in [6.45, 7) is 1.53. The molecular formula is C14H18N2O3. The van der Waals surface area contributed by atoms with E-state index in [9.17, 15) is 10.1 Å². The molecule has 0 radical (unpaired) electrons. The van der Waals surface area contributed by atoms with Crippen LogP contribution in [-0.2, 0) is 0 Å². The minimum Gasteiger partial charge on any atom is -0.395 e. The molecule has 5 nitrogen and oxygen atoms in total. The van der Waals surface area contributed by atoms with Gasteiger partial charge in [0.2, 0.25) is 0 Å². The highest BCUT2D eigenvalue weighted by Gasteiger charge is 2.27. The first-order valence-electron chi connectivity index (χ1n) is 6.47. The number of hydrogen-bond acceptors (Lipinski definition) is 4. The first-order chi connectivity index (χ1) is 9.22. The molecule has 0 atom stereocenters. The molecule has 1 aromatic rings. The Morgan fingerprint density at radius 3 is 2.79 bits per heavy atom. The third-order valence-corrected chi connectivity index (χ3v) is 3.22. The molecule has 19 heavy (non-hydrogen) atoms. The van der Waals surface area contributed by atoms with Gasteiger partial charge in [-0.1, -0.05) is 24.3 Å². The number of aliphatic hydroxyl groups is 1. The second kappa shape index (κ2) is 6.45. The summed E-state index contributed by atoms with van der Waals surface area (Å²) in [5.74, 6) is 0. The zero-order chi connectivity index (χ0) is 13.7. The van der Waals surface area contributed by atoms with Crippen molar-refractivity contribution >= 4 is 11.8 Å². The molecule has 1 fully saturated rings. The zero-order valence-electron chi connectivity index (χ0n) is 10.7. The van der Waals surface area contributed by atoms with Gasteiger partial charge in [-0.2, -0.15) is 0 Å². The van der Waals surface area contributed by atoms with Crippen LogP contribution in [0.2, 0.25) is 0 Å². The first kappa shape index (κ1) is 13.7. The number of nitro benzene ring substituents is 1. The highest BCUT2D eigenvalue weighted by molar-refractivity contribution is 5.60. The van der Waals surface area contributed by atoms with Crippen molar-refractivity contribution in [3.63, 3.8) is 0 Å². The normalized spacial score (nSPS) is 15.3. The lowest BCUT2D eigenvalue weighted by Crippen LogP contribution is -2.29. The molecule has 0 unspecified atom stereocenters. The third-order valence-electron chi connectivity index (χ3n) is 3.22. The second-order valence-corrected chi connectivity index (χ2v) is 4.67. The van der Waals surface area contributed by atoms with Gasteiger partial charge in [-0.05, 0) is 18.9 Å². The zero-order valence-corrected chi connectivity index (χ0v) is 10.7. The predicted octanol–water partition coefficient (Wildman–Crippen LogP) is 2.06. The number of nitro groups is 1. The van der Waals surface area contributed by atoms with Gasteiger partial charge in [-0.15, -0.1) is 0 Å². The Kier molecular flexibility index (Phi) is 4.65. The Morgan fingerprint density at radius 1 is 1.42 bits per heavy atom. The fraction of sp³-hybridized carbons (Fsp3) is 0.429. The fourth-order valence-corrected chi connectivity index (χ4v) is 2.10. The topological polar surface area (TPSA) is 66.6 Å². The molecule has 1 N–H and O–H groups in total. The van der Waals surface area contributed by atoms with E-state index in [0.29, 0.717) is 18.2 Å². The molecule has 0 bridgehead atoms. The number of nitrogens with zero attached hydrogens (tertiary/aromatic N) is 2. The van der Waals surface area contributed by atoms with Gasteiger partial charge < -0.3 is 5.11 Å². The second-order valence-electron chi connectivity index (χ2n) is 4.67. The van der Waals surface area contributed by atoms with Crippen molar-refractivity contribution in [3.8, 4) is 0 Å². The maximum Gasteiger partial charge on any atom is 0.276 e. The highest BCUT2D eigenvalue weighted by Crippen LogP contribution is 2.26. The van der Waals surface area contributed by atoms with E-state index in [1.54, 1.807) is 24.3 Å². The average molecular weight is 262 g/mol. The summed E-state index contributed by atoms with van der Waals surface area (Å²) in [6, 6.07) is 7.27. The van der Waals surface area contributed by atoms with E-state index in [4.69, 9.17) is 5.11 Å². The lowest BCUT2D eigenvalue weighted by atomic mass is 10.1. The van der Waals surface area contributed by atoms with E-state index in [-0.39, 0.29) is 17.2 Å². The Hall–Kier alpha value is -1.72. The maximum absolute atomic E-state index is 10.9. The van der Waals surface area contributed by atoms with E-state index in [2.05, 4.69) is 4.90 Å². The van der Waals surface area contributed by atoms with Crippen LogP contribution in [-0.4, -0.2) is 40.7 Å². The summed E-state index contributed by atoms with van der Waals surface area (Å²) in [5, 5.41) is 19.9. The van der Waals surface area contributed by atoms with Crippen LogP contribution in [0.3, 0.4) is 0 Å². The predicted molar refractivity (Wildman–Crippen MR) is 73.8 cm³/mol. The van der Waals surface area contributed by atoms with Crippen molar-refractivity contribution in [2.75, 3.05) is 19.7 Å². The lowest BCUT2D eigenvalue weighted by molar-refractivity contribution is -0.385. The van der Waals surface area contributed by atoms with Crippen molar-refractivity contribution in [2.45, 2.75) is 18.9 Å². The van der Waals surface area contributed by atoms with Crippen molar-refractivity contribution in [1.29, 1.82) is 0 Å². The monoisotopic (exact) mass is 262 g/mol. The molecule has 0 heterocycles. The summed E-state index contributed by atoms with van der Waals surface area (Å²) in [7, 11) is 0. The van der Waals surface area contributed by atoms with Gasteiger partial charge in [0.05, 0.1) is 17.1 Å². The van der Waals surface area contributed by atoms with Crippen LogP contribution in [0, 0.1) is 10.1 Å². The highest BCUT2D eigenvalue weighted by atomic mass is 16.6. The van der Waals surface area contributed by atoms with E-state index in [1.807, 2.05) is 6.08 Å². The SMILES string of the molecule is O=[N+]([O-])c1ccccc1/C=C/CN(CCO)C1CC1. The van der Waals surface area contributed by atoms with Crippen LogP contribution in [0.1, 0.15) is 18.4 Å². The fourth-order valence-electron chi connectivity index (χ4n) is 2.10. The van der Waals surface area contributed by atoms with Gasteiger partial charge in [-0.25, -0.2) is 0 Å². The minimum atomic E-state index is -0.369. The van der Waals surface area contributed by atoms with E-state index < -0.39 is 0 Å². The molecule has 0 saturated heterocycles. The summed E-state index contributed by atoms with van der Waals surface area (Å²) in [6.07, 6.45) is 6.07. The molecular weight excluding hydrogens is 244 g/mol. The first-order valence-corrected chi connectivity index (χ1v) is 6.47. The molecule has 1 saturated carbocycles. The van der Waals surface area contributed by atoms with Crippen LogP contribution in [0.15, 0.2) is 30.3 Å². The van der Waals surface area contributed by atoms with Crippen LogP contribution in [0.4, 0.5) is 5.69 Å². The molecule has 0 amide bonds. The van der Waals surface area contributed by atoms with Gasteiger partial charge in [0.25, 0.3) is 5.69 Å².